The van der Waals surface area contributed by atoms with Crippen LogP contribution in [0.3, 0.4) is 0 Å². The van der Waals surface area contributed by atoms with Crippen LogP contribution in [0, 0.1) is 5.92 Å². The summed E-state index contributed by atoms with van der Waals surface area (Å²) >= 11 is 0. The lowest BCUT2D eigenvalue weighted by Crippen LogP contribution is -2.21. The van der Waals surface area contributed by atoms with Gasteiger partial charge < -0.3 is 9.47 Å². The molecule has 1 aliphatic carbocycles. The Morgan fingerprint density at radius 1 is 1.09 bits per heavy atom. The van der Waals surface area contributed by atoms with E-state index >= 15 is 0 Å². The quantitative estimate of drug-likeness (QED) is 0.705. The van der Waals surface area contributed by atoms with Gasteiger partial charge in [0.15, 0.2) is 11.5 Å². The van der Waals surface area contributed by atoms with E-state index < -0.39 is 0 Å². The Morgan fingerprint density at radius 2 is 1.95 bits per heavy atom. The summed E-state index contributed by atoms with van der Waals surface area (Å²) in [5.41, 5.74) is 1.23. The highest BCUT2D eigenvalue weighted by Gasteiger charge is 2.29. The van der Waals surface area contributed by atoms with E-state index in [1.54, 1.807) is 0 Å². The Hall–Kier alpha value is -1.51. The van der Waals surface area contributed by atoms with E-state index in [0.29, 0.717) is 30.8 Å². The number of hydrogen-bond acceptors (Lipinski definition) is 3. The number of ketones is 1. The van der Waals surface area contributed by atoms with E-state index in [1.165, 1.54) is 37.7 Å². The van der Waals surface area contributed by atoms with E-state index in [9.17, 15) is 4.79 Å². The number of unbranched alkanes of at least 4 members (excludes halogenated alkanes) is 3. The van der Waals surface area contributed by atoms with Crippen molar-refractivity contribution in [1.82, 2.24) is 0 Å². The van der Waals surface area contributed by atoms with Crippen molar-refractivity contribution >= 4 is 5.78 Å². The Balaban J connectivity index is 1.62. The van der Waals surface area contributed by atoms with Crippen LogP contribution in [0.1, 0.15) is 69.8 Å². The normalized spacial score (nSPS) is 23.8. The first-order valence-corrected chi connectivity index (χ1v) is 8.67. The molecule has 0 saturated heterocycles. The van der Waals surface area contributed by atoms with Gasteiger partial charge in [-0.15, -0.1) is 0 Å². The van der Waals surface area contributed by atoms with Crippen molar-refractivity contribution in [3.8, 4) is 11.5 Å². The molecule has 0 aromatic heterocycles. The van der Waals surface area contributed by atoms with Gasteiger partial charge in [0.25, 0.3) is 0 Å². The molecular formula is C19H26O3. The van der Waals surface area contributed by atoms with Crippen LogP contribution in [0.4, 0.5) is 0 Å². The molecule has 1 saturated carbocycles. The molecule has 120 valence electrons. The zero-order valence-corrected chi connectivity index (χ0v) is 13.5. The van der Waals surface area contributed by atoms with Crippen LogP contribution in [0.2, 0.25) is 0 Å². The van der Waals surface area contributed by atoms with Crippen molar-refractivity contribution < 1.29 is 14.3 Å². The molecule has 0 radical (unpaired) electrons. The third kappa shape index (κ3) is 3.63. The van der Waals surface area contributed by atoms with Crippen LogP contribution in [-0.4, -0.2) is 12.6 Å². The summed E-state index contributed by atoms with van der Waals surface area (Å²) < 4.78 is 10.8. The number of fused-ring (bicyclic) bond motifs is 1. The molecule has 2 aliphatic rings. The molecule has 1 aromatic rings. The lowest BCUT2D eigenvalue weighted by atomic mass is 9.75. The van der Waals surface area contributed by atoms with Crippen molar-refractivity contribution in [2.24, 2.45) is 5.92 Å². The first-order valence-electron chi connectivity index (χ1n) is 8.67. The second-order valence-corrected chi connectivity index (χ2v) is 6.71. The predicted octanol–water partition coefficient (Wildman–Crippen LogP) is 4.84. The lowest BCUT2D eigenvalue weighted by Gasteiger charge is -2.28. The fourth-order valence-corrected chi connectivity index (χ4v) is 3.75. The maximum Gasteiger partial charge on any atom is 0.231 e. The van der Waals surface area contributed by atoms with Crippen molar-refractivity contribution in [2.45, 2.75) is 64.2 Å². The molecule has 22 heavy (non-hydrogen) atoms. The SMILES string of the molecule is CCCCCCC1CC(=O)CC(c2ccc3c(c2)OCO3)C1. The van der Waals surface area contributed by atoms with Crippen LogP contribution in [0.15, 0.2) is 18.2 Å². The maximum absolute atomic E-state index is 12.1. The summed E-state index contributed by atoms with van der Waals surface area (Å²) in [5, 5.41) is 0. The summed E-state index contributed by atoms with van der Waals surface area (Å²) in [6.45, 7) is 2.54. The zero-order chi connectivity index (χ0) is 15.4. The number of carbonyl (C=O) groups excluding carboxylic acids is 1. The molecule has 0 N–H and O–H groups in total. The van der Waals surface area contributed by atoms with Gasteiger partial charge in [0.1, 0.15) is 5.78 Å². The third-order valence-electron chi connectivity index (χ3n) is 4.94. The minimum Gasteiger partial charge on any atom is -0.454 e. The summed E-state index contributed by atoms with van der Waals surface area (Å²) in [5.74, 6) is 2.99. The van der Waals surface area contributed by atoms with Crippen LogP contribution in [-0.2, 0) is 4.79 Å². The molecule has 0 amide bonds. The fourth-order valence-electron chi connectivity index (χ4n) is 3.75. The highest BCUT2D eigenvalue weighted by molar-refractivity contribution is 5.80. The number of rotatable bonds is 6. The standard InChI is InChI=1S/C19H26O3/c1-2-3-4-5-6-14-9-16(11-17(20)10-14)15-7-8-18-19(12-15)22-13-21-18/h7-8,12,14,16H,2-6,9-11,13H2,1H3. The van der Waals surface area contributed by atoms with Crippen LogP contribution >= 0.6 is 0 Å². The van der Waals surface area contributed by atoms with Gasteiger partial charge in [0.2, 0.25) is 6.79 Å². The largest absolute Gasteiger partial charge is 0.454 e. The first-order chi connectivity index (χ1) is 10.8. The Labute approximate surface area is 133 Å². The van der Waals surface area contributed by atoms with Crippen molar-refractivity contribution in [3.63, 3.8) is 0 Å². The van der Waals surface area contributed by atoms with E-state index in [0.717, 1.165) is 24.3 Å². The molecule has 1 heterocycles. The first kappa shape index (κ1) is 15.4. The van der Waals surface area contributed by atoms with Gasteiger partial charge in [-0.1, -0.05) is 45.1 Å². The molecule has 3 rings (SSSR count). The third-order valence-corrected chi connectivity index (χ3v) is 4.94. The second-order valence-electron chi connectivity index (χ2n) is 6.71. The maximum atomic E-state index is 12.1. The topological polar surface area (TPSA) is 35.5 Å². The van der Waals surface area contributed by atoms with Crippen LogP contribution in [0.5, 0.6) is 11.5 Å². The lowest BCUT2D eigenvalue weighted by molar-refractivity contribution is -0.122. The molecule has 1 aliphatic heterocycles. The number of carbonyl (C=O) groups is 1. The van der Waals surface area contributed by atoms with Gasteiger partial charge in [-0.05, 0) is 36.0 Å². The molecular weight excluding hydrogens is 276 g/mol. The van der Waals surface area contributed by atoms with Crippen LogP contribution in [0.25, 0.3) is 0 Å². The minimum atomic E-state index is 0.308. The van der Waals surface area contributed by atoms with Crippen molar-refractivity contribution in [2.75, 3.05) is 6.79 Å². The average molecular weight is 302 g/mol. The molecule has 1 aromatic carbocycles. The average Bonchev–Trinajstić information content (AvgIpc) is 2.98. The monoisotopic (exact) mass is 302 g/mol. The molecule has 2 atom stereocenters. The summed E-state index contributed by atoms with van der Waals surface area (Å²) in [6, 6.07) is 6.15. The number of ether oxygens (including phenoxy) is 2. The smallest absolute Gasteiger partial charge is 0.231 e. The van der Waals surface area contributed by atoms with E-state index in [1.807, 2.05) is 6.07 Å². The Bertz CT molecular complexity index is 523. The van der Waals surface area contributed by atoms with Gasteiger partial charge in [0, 0.05) is 12.8 Å². The van der Waals surface area contributed by atoms with Gasteiger partial charge in [-0.2, -0.15) is 0 Å². The number of hydrogen-bond donors (Lipinski definition) is 0. The number of benzene rings is 1. The molecule has 2 unspecified atom stereocenters. The summed E-state index contributed by atoms with van der Waals surface area (Å²) in [4.78, 5) is 12.1. The summed E-state index contributed by atoms with van der Waals surface area (Å²) in [6.07, 6.45) is 8.95. The van der Waals surface area contributed by atoms with Gasteiger partial charge >= 0.3 is 0 Å². The molecule has 1 fully saturated rings. The summed E-state index contributed by atoms with van der Waals surface area (Å²) in [7, 11) is 0. The van der Waals surface area contributed by atoms with E-state index in [4.69, 9.17) is 9.47 Å². The highest BCUT2D eigenvalue weighted by atomic mass is 16.7. The molecule has 0 spiro atoms. The predicted molar refractivity (Wildman–Crippen MR) is 86.4 cm³/mol. The minimum absolute atomic E-state index is 0.308. The fraction of sp³-hybridized carbons (Fsp3) is 0.632. The molecule has 3 nitrogen and oxygen atoms in total. The Kier molecular flexibility index (Phi) is 5.01. The van der Waals surface area contributed by atoms with Crippen LogP contribution < -0.4 is 9.47 Å². The van der Waals surface area contributed by atoms with Gasteiger partial charge in [-0.3, -0.25) is 4.79 Å². The molecule has 0 bridgehead atoms. The second kappa shape index (κ2) is 7.17. The zero-order valence-electron chi connectivity index (χ0n) is 13.5. The van der Waals surface area contributed by atoms with Gasteiger partial charge in [0.05, 0.1) is 0 Å². The Morgan fingerprint density at radius 3 is 2.82 bits per heavy atom. The highest BCUT2D eigenvalue weighted by Crippen LogP contribution is 2.40. The molecule has 3 heteroatoms. The van der Waals surface area contributed by atoms with Crippen molar-refractivity contribution in [3.05, 3.63) is 23.8 Å². The van der Waals surface area contributed by atoms with Crippen molar-refractivity contribution in [1.29, 1.82) is 0 Å². The number of Topliss-reactive ketones (excluding diaryl/α,β-unsaturated/α-hetero) is 1. The van der Waals surface area contributed by atoms with E-state index in [-0.39, 0.29) is 0 Å². The van der Waals surface area contributed by atoms with Gasteiger partial charge in [-0.25, -0.2) is 0 Å². The van der Waals surface area contributed by atoms with E-state index in [2.05, 4.69) is 19.1 Å².